The van der Waals surface area contributed by atoms with Crippen molar-refractivity contribution in [3.05, 3.63) is 12.3 Å². The first-order valence-corrected chi connectivity index (χ1v) is 32.2. The molecule has 12 atom stereocenters. The molecule has 0 aromatic carbocycles. The van der Waals surface area contributed by atoms with E-state index >= 15 is 14.4 Å². The summed E-state index contributed by atoms with van der Waals surface area (Å²) in [6, 6.07) is -12.7. The zero-order valence-corrected chi connectivity index (χ0v) is 58.4. The first-order chi connectivity index (χ1) is 41.1. The predicted molar refractivity (Wildman–Crippen MR) is 343 cm³/mol. The van der Waals surface area contributed by atoms with E-state index < -0.39 is 149 Å². The van der Waals surface area contributed by atoms with Crippen LogP contribution in [0, 0.1) is 41.4 Å². The topological polar surface area (TPSA) is 299 Å². The maximum atomic E-state index is 15.3. The number of hydrogen-bond donors (Lipinski definition) is 6. The maximum Gasteiger partial charge on any atom is 0.270 e. The zero-order valence-electron chi connectivity index (χ0n) is 58.4. The molecule has 0 unspecified atom stereocenters. The van der Waals surface area contributed by atoms with Crippen molar-refractivity contribution in [2.45, 2.75) is 242 Å². The maximum absolute atomic E-state index is 15.3. The summed E-state index contributed by atoms with van der Waals surface area (Å²) in [6.07, 6.45) is 2.04. The van der Waals surface area contributed by atoms with Crippen LogP contribution in [0.3, 0.4) is 0 Å². The van der Waals surface area contributed by atoms with Crippen LogP contribution in [0.15, 0.2) is 12.3 Å². The van der Waals surface area contributed by atoms with Gasteiger partial charge in [-0.2, -0.15) is 0 Å². The molecule has 11 amide bonds. The van der Waals surface area contributed by atoms with E-state index in [2.05, 4.69) is 27.8 Å². The standard InChI is InChI=1S/C65H117N11O13/c1-25-46-61(85)70(18)45(17)60(84)71(19)48(33-37(4)5)57(81)69-51(40(10)11)64(88)72(20)47(32-36(2)3)56(80)66-43(15)55(79)67-44(16)59(83)73(21)49(34-38(6)7)62(86)74(22)50(35-39(8)9)63(87)75(23)52(41(12)13)65(89)76(24)53(58(82)68-46)54(78)42(14)30-28-26-27-29-31-77/h36-44,46-54,77-78H,17,25-35H2,1-16,18-24H3,(H,66,80)(H,67,79)(H,68,82)(H,69,81)/t42-,43-,44+,46+,47-,48+,49+,50+,51-,52+,53+,54-/m1/s1. The van der Waals surface area contributed by atoms with Gasteiger partial charge in [-0.1, -0.05) is 123 Å². The van der Waals surface area contributed by atoms with Crippen LogP contribution in [-0.4, -0.2) is 232 Å². The van der Waals surface area contributed by atoms with Crippen LogP contribution in [0.4, 0.5) is 0 Å². The minimum atomic E-state index is -1.65. The quantitative estimate of drug-likeness (QED) is 0.0795. The van der Waals surface area contributed by atoms with Gasteiger partial charge in [-0.25, -0.2) is 0 Å². The van der Waals surface area contributed by atoms with Gasteiger partial charge in [0.05, 0.1) is 6.10 Å². The number of rotatable bonds is 19. The molecule has 0 aromatic heterocycles. The minimum Gasteiger partial charge on any atom is -0.396 e. The summed E-state index contributed by atoms with van der Waals surface area (Å²) < 4.78 is 0. The number of nitrogens with zero attached hydrogens (tertiary/aromatic N) is 7. The Morgan fingerprint density at radius 3 is 1.31 bits per heavy atom. The number of amides is 11. The Labute approximate surface area is 532 Å². The van der Waals surface area contributed by atoms with Gasteiger partial charge >= 0.3 is 0 Å². The summed E-state index contributed by atoms with van der Waals surface area (Å²) in [5, 5.41) is 32.6. The smallest absolute Gasteiger partial charge is 0.270 e. The molecule has 1 heterocycles. The van der Waals surface area contributed by atoms with Gasteiger partial charge in [0.2, 0.25) is 59.1 Å². The Kier molecular flexibility index (Phi) is 33.8. The van der Waals surface area contributed by atoms with E-state index in [1.54, 1.807) is 41.5 Å². The third-order valence-corrected chi connectivity index (χ3v) is 17.1. The van der Waals surface area contributed by atoms with Gasteiger partial charge in [0.25, 0.3) is 5.91 Å². The normalized spacial score (nSPS) is 26.2. The number of aliphatic hydroxyl groups is 2. The van der Waals surface area contributed by atoms with Crippen LogP contribution in [0.1, 0.15) is 175 Å². The third-order valence-electron chi connectivity index (χ3n) is 17.1. The SMILES string of the molecule is C=C1C(=O)N(C)[C@@H](CC(C)C)C(=O)N[C@H](C(C)C)C(=O)N(C)[C@H](CC(C)C)C(=O)N[C@H](C)C(=O)N[C@@H](C)C(=O)N(C)[C@@H](CC(C)C)C(=O)N(C)[C@@H](CC(C)C)C(=O)N(C)[C@@H](C(C)C)C(=O)N(C)[C@@H]([C@H](O)[C@H](C)CCCCCCO)C(=O)N[C@@H](CC)C(=O)N1C. The van der Waals surface area contributed by atoms with E-state index in [9.17, 15) is 48.6 Å². The summed E-state index contributed by atoms with van der Waals surface area (Å²) >= 11 is 0. The van der Waals surface area contributed by atoms with Crippen LogP contribution in [-0.2, 0) is 52.7 Å². The molecule has 0 saturated carbocycles. The average Bonchev–Trinajstić information content (AvgIpc) is 1.83. The summed E-state index contributed by atoms with van der Waals surface area (Å²) in [5.74, 6) is -10.3. The van der Waals surface area contributed by atoms with Crippen LogP contribution >= 0.6 is 0 Å². The van der Waals surface area contributed by atoms with Crippen molar-refractivity contribution in [3.8, 4) is 0 Å². The van der Waals surface area contributed by atoms with Crippen molar-refractivity contribution in [1.82, 2.24) is 55.6 Å². The minimum absolute atomic E-state index is 0.0215. The summed E-state index contributed by atoms with van der Waals surface area (Å²) in [6.45, 7) is 31.9. The van der Waals surface area contributed by atoms with Gasteiger partial charge < -0.3 is 65.8 Å². The molecule has 1 saturated heterocycles. The monoisotopic (exact) mass is 1260 g/mol. The molecule has 0 aliphatic carbocycles. The van der Waals surface area contributed by atoms with E-state index in [1.807, 2.05) is 55.4 Å². The number of carbonyl (C=O) groups is 11. The van der Waals surface area contributed by atoms with E-state index in [1.165, 1.54) is 82.8 Å². The van der Waals surface area contributed by atoms with Crippen LogP contribution in [0.5, 0.6) is 0 Å². The lowest BCUT2D eigenvalue weighted by molar-refractivity contribution is -0.157. The Morgan fingerprint density at radius 2 is 0.854 bits per heavy atom. The Balaban J connectivity index is 4.38. The van der Waals surface area contributed by atoms with Crippen molar-refractivity contribution in [2.75, 3.05) is 55.9 Å². The van der Waals surface area contributed by atoms with E-state index in [4.69, 9.17) is 0 Å². The average molecular weight is 1260 g/mol. The van der Waals surface area contributed by atoms with E-state index in [0.717, 1.165) is 27.5 Å². The lowest BCUT2D eigenvalue weighted by atomic mass is 9.90. The zero-order chi connectivity index (χ0) is 69.0. The first-order valence-electron chi connectivity index (χ1n) is 32.2. The Morgan fingerprint density at radius 1 is 0.438 bits per heavy atom. The molecule has 1 fully saturated rings. The molecule has 24 heteroatoms. The number of hydrogen-bond acceptors (Lipinski definition) is 13. The molecule has 0 aromatic rings. The fraction of sp³-hybridized carbons (Fsp3) is 0.800. The summed E-state index contributed by atoms with van der Waals surface area (Å²) in [7, 11) is 9.75. The van der Waals surface area contributed by atoms with Crippen molar-refractivity contribution < 1.29 is 63.0 Å². The molecule has 0 spiro atoms. The van der Waals surface area contributed by atoms with Gasteiger partial charge in [0, 0.05) is 55.9 Å². The number of aliphatic hydroxyl groups excluding tert-OH is 2. The van der Waals surface area contributed by atoms with Gasteiger partial charge in [0.1, 0.15) is 66.1 Å². The lowest BCUT2D eigenvalue weighted by Crippen LogP contribution is -2.63. The molecule has 1 rings (SSSR count). The Hall–Kier alpha value is -6.17. The molecule has 0 bridgehead atoms. The molecule has 24 nitrogen and oxygen atoms in total. The molecule has 89 heavy (non-hydrogen) atoms. The highest BCUT2D eigenvalue weighted by Gasteiger charge is 2.46. The second-order valence-electron chi connectivity index (χ2n) is 27.3. The highest BCUT2D eigenvalue weighted by molar-refractivity contribution is 6.02. The summed E-state index contributed by atoms with van der Waals surface area (Å²) in [5.41, 5.74) is -0.368. The third kappa shape index (κ3) is 22.9. The van der Waals surface area contributed by atoms with Crippen molar-refractivity contribution in [1.29, 1.82) is 0 Å². The molecule has 6 N–H and O–H groups in total. The van der Waals surface area contributed by atoms with Crippen LogP contribution in [0.2, 0.25) is 0 Å². The van der Waals surface area contributed by atoms with Crippen LogP contribution in [0.25, 0.3) is 0 Å². The van der Waals surface area contributed by atoms with Crippen LogP contribution < -0.4 is 21.3 Å². The van der Waals surface area contributed by atoms with Gasteiger partial charge in [-0.3, -0.25) is 52.7 Å². The fourth-order valence-corrected chi connectivity index (χ4v) is 11.3. The highest BCUT2D eigenvalue weighted by atomic mass is 16.3. The predicted octanol–water partition coefficient (Wildman–Crippen LogP) is 3.76. The Bertz CT molecular complexity index is 2420. The number of unbranched alkanes of at least 4 members (excludes halogenated alkanes) is 3. The van der Waals surface area contributed by atoms with Crippen molar-refractivity contribution >= 4 is 65.0 Å². The first kappa shape index (κ1) is 80.8. The van der Waals surface area contributed by atoms with E-state index in [0.29, 0.717) is 19.3 Å². The number of carbonyl (C=O) groups excluding carboxylic acids is 11. The summed E-state index contributed by atoms with van der Waals surface area (Å²) in [4.78, 5) is 170. The second-order valence-corrected chi connectivity index (χ2v) is 27.3. The molecular weight excluding hydrogens is 1140 g/mol. The molecule has 0 radical (unpaired) electrons. The lowest BCUT2D eigenvalue weighted by Gasteiger charge is -2.41. The van der Waals surface area contributed by atoms with Crippen molar-refractivity contribution in [3.63, 3.8) is 0 Å². The van der Waals surface area contributed by atoms with Gasteiger partial charge in [-0.15, -0.1) is 0 Å². The van der Waals surface area contributed by atoms with Gasteiger partial charge in [-0.05, 0) is 100 Å². The molecule has 1 aliphatic heterocycles. The molecule has 510 valence electrons. The molecular formula is C65H117N11O13. The van der Waals surface area contributed by atoms with Crippen molar-refractivity contribution in [2.24, 2.45) is 41.4 Å². The fourth-order valence-electron chi connectivity index (χ4n) is 11.3. The second kappa shape index (κ2) is 37.2. The number of likely N-dealkylation sites (N-methyl/N-ethyl adjacent to an activating group) is 7. The van der Waals surface area contributed by atoms with Gasteiger partial charge in [0.15, 0.2) is 0 Å². The number of nitrogens with one attached hydrogen (secondary N) is 4. The highest BCUT2D eigenvalue weighted by Crippen LogP contribution is 2.27. The largest absolute Gasteiger partial charge is 0.396 e. The molecule has 1 aliphatic rings. The van der Waals surface area contributed by atoms with E-state index in [-0.39, 0.29) is 68.1 Å².